The van der Waals surface area contributed by atoms with Crippen LogP contribution < -0.4 is 0 Å². The van der Waals surface area contributed by atoms with Gasteiger partial charge in [-0.25, -0.2) is 4.98 Å². The molecule has 2 nitrogen and oxygen atoms in total. The minimum Gasteiger partial charge on any atom is -0.324 e. The zero-order valence-electron chi connectivity index (χ0n) is 14.8. The first-order valence-electron chi connectivity index (χ1n) is 9.58. The topological polar surface area (TPSA) is 17.8 Å². The van der Waals surface area contributed by atoms with E-state index in [1.54, 1.807) is 0 Å². The normalized spacial score (nSPS) is 16.0. The molecule has 0 N–H and O–H groups in total. The highest BCUT2D eigenvalue weighted by molar-refractivity contribution is 5.79. The Morgan fingerprint density at radius 1 is 0.880 bits per heavy atom. The van der Waals surface area contributed by atoms with Gasteiger partial charge in [-0.3, -0.25) is 0 Å². The Hall–Kier alpha value is -2.35. The summed E-state index contributed by atoms with van der Waals surface area (Å²) >= 11 is 0. The molecule has 0 aliphatic heterocycles. The highest BCUT2D eigenvalue weighted by Crippen LogP contribution is 2.28. The molecule has 1 fully saturated rings. The summed E-state index contributed by atoms with van der Waals surface area (Å²) in [4.78, 5) is 4.87. The molecule has 0 atom stereocenters. The van der Waals surface area contributed by atoms with Crippen LogP contribution >= 0.6 is 0 Å². The van der Waals surface area contributed by atoms with E-state index in [1.807, 2.05) is 0 Å². The molecule has 1 aliphatic rings. The zero-order chi connectivity index (χ0) is 16.9. The molecule has 0 spiro atoms. The van der Waals surface area contributed by atoms with Crippen LogP contribution in [0.3, 0.4) is 0 Å². The van der Waals surface area contributed by atoms with E-state index in [4.69, 9.17) is 4.98 Å². The predicted molar refractivity (Wildman–Crippen MR) is 106 cm³/mol. The molecule has 0 bridgehead atoms. The van der Waals surface area contributed by atoms with Gasteiger partial charge in [-0.2, -0.15) is 0 Å². The van der Waals surface area contributed by atoms with Gasteiger partial charge in [0, 0.05) is 6.54 Å². The van der Waals surface area contributed by atoms with E-state index in [0.717, 1.165) is 23.8 Å². The molecule has 0 radical (unpaired) electrons. The first-order valence-corrected chi connectivity index (χ1v) is 9.58. The van der Waals surface area contributed by atoms with E-state index < -0.39 is 0 Å². The van der Waals surface area contributed by atoms with Gasteiger partial charge in [0.1, 0.15) is 5.82 Å². The molecule has 0 unspecified atom stereocenters. The monoisotopic (exact) mass is 330 g/mol. The van der Waals surface area contributed by atoms with E-state index in [2.05, 4.69) is 71.3 Å². The second kappa shape index (κ2) is 7.69. The maximum atomic E-state index is 4.87. The van der Waals surface area contributed by atoms with Crippen LogP contribution in [0.25, 0.3) is 23.2 Å². The average Bonchev–Trinajstić information content (AvgIpc) is 3.04. The molecular weight excluding hydrogens is 304 g/mol. The molecular formula is C23H26N2. The van der Waals surface area contributed by atoms with Gasteiger partial charge >= 0.3 is 0 Å². The van der Waals surface area contributed by atoms with Gasteiger partial charge in [0.15, 0.2) is 0 Å². The van der Waals surface area contributed by atoms with Crippen molar-refractivity contribution in [2.45, 2.75) is 45.1 Å². The van der Waals surface area contributed by atoms with Crippen LogP contribution in [0, 0.1) is 5.92 Å². The third-order valence-electron chi connectivity index (χ3n) is 5.39. The number of benzene rings is 2. The fraction of sp³-hybridized carbons (Fsp3) is 0.348. The summed E-state index contributed by atoms with van der Waals surface area (Å²) in [6, 6.07) is 19.0. The molecule has 3 aromatic rings. The Labute approximate surface area is 150 Å². The van der Waals surface area contributed by atoms with Gasteiger partial charge in [0.2, 0.25) is 0 Å². The van der Waals surface area contributed by atoms with Crippen molar-refractivity contribution < 1.29 is 0 Å². The summed E-state index contributed by atoms with van der Waals surface area (Å²) in [7, 11) is 0. The summed E-state index contributed by atoms with van der Waals surface area (Å²) in [5.74, 6) is 1.96. The second-order valence-corrected chi connectivity index (χ2v) is 7.15. The average molecular weight is 330 g/mol. The summed E-state index contributed by atoms with van der Waals surface area (Å²) in [6.45, 7) is 1.07. The van der Waals surface area contributed by atoms with E-state index in [0.29, 0.717) is 0 Å². The minimum atomic E-state index is 0.890. The molecule has 0 saturated heterocycles. The van der Waals surface area contributed by atoms with E-state index in [-0.39, 0.29) is 0 Å². The summed E-state index contributed by atoms with van der Waals surface area (Å²) in [5.41, 5.74) is 3.57. The van der Waals surface area contributed by atoms with Crippen molar-refractivity contribution in [3.05, 3.63) is 66.0 Å². The number of rotatable bonds is 5. The lowest BCUT2D eigenvalue weighted by atomic mass is 9.87. The standard InChI is InChI=1S/C23H26N2/c1-3-9-19(10-4-1)15-16-23-24-21-13-7-8-14-22(21)25(23)18-17-20-11-5-2-6-12-20/h1,3-4,7-10,13-16,20H,2,5-6,11-12,17-18H2. The molecule has 1 heterocycles. The Morgan fingerprint density at radius 3 is 2.48 bits per heavy atom. The molecule has 1 saturated carbocycles. The lowest BCUT2D eigenvalue weighted by Gasteiger charge is -2.22. The van der Waals surface area contributed by atoms with Crippen LogP contribution in [-0.4, -0.2) is 9.55 Å². The highest BCUT2D eigenvalue weighted by Gasteiger charge is 2.15. The maximum Gasteiger partial charge on any atom is 0.133 e. The van der Waals surface area contributed by atoms with Crippen molar-refractivity contribution in [3.8, 4) is 0 Å². The van der Waals surface area contributed by atoms with Crippen LogP contribution in [-0.2, 0) is 6.54 Å². The SMILES string of the molecule is C(=Cc1nc2ccccc2n1CCC1CCCCC1)c1ccccc1. The first kappa shape index (κ1) is 16.1. The fourth-order valence-corrected chi connectivity index (χ4v) is 3.98. The fourth-order valence-electron chi connectivity index (χ4n) is 3.98. The molecule has 1 aliphatic carbocycles. The maximum absolute atomic E-state index is 4.87. The van der Waals surface area contributed by atoms with Crippen molar-refractivity contribution in [1.29, 1.82) is 0 Å². The third kappa shape index (κ3) is 3.84. The number of aromatic nitrogens is 2. The van der Waals surface area contributed by atoms with E-state index >= 15 is 0 Å². The van der Waals surface area contributed by atoms with Crippen LogP contribution in [0.1, 0.15) is 49.9 Å². The van der Waals surface area contributed by atoms with Crippen molar-refractivity contribution in [3.63, 3.8) is 0 Å². The van der Waals surface area contributed by atoms with Crippen molar-refractivity contribution >= 4 is 23.2 Å². The van der Waals surface area contributed by atoms with Gasteiger partial charge in [-0.1, -0.05) is 80.6 Å². The predicted octanol–water partition coefficient (Wildman–Crippen LogP) is 6.18. The Bertz CT molecular complexity index is 839. The lowest BCUT2D eigenvalue weighted by molar-refractivity contribution is 0.325. The number of hydrogen-bond acceptors (Lipinski definition) is 1. The third-order valence-corrected chi connectivity index (χ3v) is 5.39. The Kier molecular flexibility index (Phi) is 4.96. The zero-order valence-corrected chi connectivity index (χ0v) is 14.8. The number of aryl methyl sites for hydroxylation is 1. The van der Waals surface area contributed by atoms with E-state index in [1.165, 1.54) is 49.6 Å². The molecule has 2 aromatic carbocycles. The number of fused-ring (bicyclic) bond motifs is 1. The molecule has 128 valence electrons. The lowest BCUT2D eigenvalue weighted by Crippen LogP contribution is -2.11. The van der Waals surface area contributed by atoms with Gasteiger partial charge in [0.05, 0.1) is 11.0 Å². The smallest absolute Gasteiger partial charge is 0.133 e. The van der Waals surface area contributed by atoms with Crippen LogP contribution in [0.5, 0.6) is 0 Å². The largest absolute Gasteiger partial charge is 0.324 e. The quantitative estimate of drug-likeness (QED) is 0.546. The highest BCUT2D eigenvalue weighted by atomic mass is 15.1. The summed E-state index contributed by atoms with van der Waals surface area (Å²) < 4.78 is 2.41. The van der Waals surface area contributed by atoms with Crippen LogP contribution in [0.4, 0.5) is 0 Å². The van der Waals surface area contributed by atoms with Crippen molar-refractivity contribution in [2.75, 3.05) is 0 Å². The van der Waals surface area contributed by atoms with E-state index in [9.17, 15) is 0 Å². The molecule has 1 aromatic heterocycles. The number of para-hydroxylation sites is 2. The van der Waals surface area contributed by atoms with Crippen LogP contribution in [0.15, 0.2) is 54.6 Å². The molecule has 4 rings (SSSR count). The van der Waals surface area contributed by atoms with Gasteiger partial charge in [-0.15, -0.1) is 0 Å². The Balaban J connectivity index is 1.60. The molecule has 2 heteroatoms. The molecule has 25 heavy (non-hydrogen) atoms. The van der Waals surface area contributed by atoms with Gasteiger partial charge in [-0.05, 0) is 36.1 Å². The number of hydrogen-bond donors (Lipinski definition) is 0. The number of imidazole rings is 1. The van der Waals surface area contributed by atoms with Gasteiger partial charge < -0.3 is 4.57 Å². The van der Waals surface area contributed by atoms with Crippen LogP contribution in [0.2, 0.25) is 0 Å². The molecule has 0 amide bonds. The van der Waals surface area contributed by atoms with Crippen molar-refractivity contribution in [2.24, 2.45) is 5.92 Å². The van der Waals surface area contributed by atoms with Gasteiger partial charge in [0.25, 0.3) is 0 Å². The summed E-state index contributed by atoms with van der Waals surface area (Å²) in [6.07, 6.45) is 12.7. The van der Waals surface area contributed by atoms with Crippen molar-refractivity contribution in [1.82, 2.24) is 9.55 Å². The first-order chi connectivity index (χ1) is 12.4. The number of nitrogens with zero attached hydrogens (tertiary/aromatic N) is 2. The second-order valence-electron chi connectivity index (χ2n) is 7.15. The Morgan fingerprint density at radius 2 is 1.64 bits per heavy atom. The minimum absolute atomic E-state index is 0.890. The summed E-state index contributed by atoms with van der Waals surface area (Å²) in [5, 5.41) is 0.